The Morgan fingerprint density at radius 2 is 1.93 bits per heavy atom. The second-order valence-corrected chi connectivity index (χ2v) is 9.43. The van der Waals surface area contributed by atoms with Crippen molar-refractivity contribution >= 4 is 27.7 Å². The summed E-state index contributed by atoms with van der Waals surface area (Å²) >= 11 is 6.13. The molecule has 2 fully saturated rings. The summed E-state index contributed by atoms with van der Waals surface area (Å²) in [6, 6.07) is 4.52. The largest absolute Gasteiger partial charge is 0.334 e. The Balaban J connectivity index is 1.72. The third-order valence-electron chi connectivity index (χ3n) is 5.25. The third-order valence-corrected chi connectivity index (χ3v) is 7.56. The summed E-state index contributed by atoms with van der Waals surface area (Å²) in [6.07, 6.45) is 4.67. The fourth-order valence-electron chi connectivity index (χ4n) is 3.76. The molecule has 0 aliphatic carbocycles. The topological polar surface area (TPSA) is 95.7 Å². The maximum Gasteiger partial charge on any atom is 0.317 e. The van der Waals surface area contributed by atoms with Gasteiger partial charge in [-0.05, 0) is 44.2 Å². The molecule has 2 aliphatic heterocycles. The summed E-state index contributed by atoms with van der Waals surface area (Å²) in [5.41, 5.74) is 6.15. The van der Waals surface area contributed by atoms with E-state index in [2.05, 4.69) is 5.32 Å². The minimum Gasteiger partial charge on any atom is -0.334 e. The molecule has 9 heteroatoms. The van der Waals surface area contributed by atoms with Crippen molar-refractivity contribution in [3.63, 3.8) is 0 Å². The zero-order chi connectivity index (χ0) is 19.4. The average molecular weight is 415 g/mol. The van der Waals surface area contributed by atoms with E-state index >= 15 is 0 Å². The Labute approximate surface area is 165 Å². The summed E-state index contributed by atoms with van der Waals surface area (Å²) in [7, 11) is -3.72. The van der Waals surface area contributed by atoms with Crippen molar-refractivity contribution in [2.45, 2.75) is 49.6 Å². The van der Waals surface area contributed by atoms with Crippen LogP contribution in [0.2, 0.25) is 5.02 Å². The fraction of sp³-hybridized carbons (Fsp3) is 0.611. The number of nitrogens with zero attached hydrogens (tertiary/aromatic N) is 2. The summed E-state index contributed by atoms with van der Waals surface area (Å²) in [5.74, 6) is 0. The van der Waals surface area contributed by atoms with Crippen LogP contribution >= 0.6 is 11.6 Å². The predicted octanol–water partition coefficient (Wildman–Crippen LogP) is 2.15. The standard InChI is InChI=1S/C18H27ClN4O3S/c19-16-7-4-8-17(15(16)12-20)27(25,26)23-11-5-6-14(13-23)21-18(24)22-9-2-1-3-10-22/h4,7-8,14H,1-3,5-6,9-13,20H2,(H,21,24)/t14-/m0/s1. The van der Waals surface area contributed by atoms with Gasteiger partial charge in [0.2, 0.25) is 10.0 Å². The van der Waals surface area contributed by atoms with Gasteiger partial charge >= 0.3 is 6.03 Å². The minimum absolute atomic E-state index is 0.0528. The van der Waals surface area contributed by atoms with Gasteiger partial charge in [0.05, 0.1) is 4.90 Å². The van der Waals surface area contributed by atoms with Crippen molar-refractivity contribution in [1.82, 2.24) is 14.5 Å². The van der Waals surface area contributed by atoms with E-state index in [4.69, 9.17) is 17.3 Å². The molecule has 1 aromatic carbocycles. The molecule has 2 heterocycles. The SMILES string of the molecule is NCc1c(Cl)cccc1S(=O)(=O)N1CCC[C@H](NC(=O)N2CCCCC2)C1. The van der Waals surface area contributed by atoms with E-state index in [0.29, 0.717) is 23.6 Å². The summed E-state index contributed by atoms with van der Waals surface area (Å²) in [4.78, 5) is 14.4. The molecular formula is C18H27ClN4O3S. The summed E-state index contributed by atoms with van der Waals surface area (Å²) < 4.78 is 27.7. The Bertz CT molecular complexity index is 781. The highest BCUT2D eigenvalue weighted by Gasteiger charge is 2.33. The number of nitrogens with two attached hydrogens (primary N) is 1. The number of halogens is 1. The van der Waals surface area contributed by atoms with E-state index in [-0.39, 0.29) is 30.1 Å². The smallest absolute Gasteiger partial charge is 0.317 e. The maximum absolute atomic E-state index is 13.1. The molecule has 0 radical (unpaired) electrons. The van der Waals surface area contributed by atoms with Crippen molar-refractivity contribution in [3.8, 4) is 0 Å². The lowest BCUT2D eigenvalue weighted by atomic mass is 10.1. The molecule has 0 aromatic heterocycles. The lowest BCUT2D eigenvalue weighted by molar-refractivity contribution is 0.176. The van der Waals surface area contributed by atoms with Crippen LogP contribution in [-0.2, 0) is 16.6 Å². The van der Waals surface area contributed by atoms with Crippen molar-refractivity contribution in [3.05, 3.63) is 28.8 Å². The van der Waals surface area contributed by atoms with Gasteiger partial charge < -0.3 is 16.0 Å². The molecule has 27 heavy (non-hydrogen) atoms. The molecule has 2 aliphatic rings. The predicted molar refractivity (Wildman–Crippen MR) is 105 cm³/mol. The number of likely N-dealkylation sites (tertiary alicyclic amines) is 1. The van der Waals surface area contributed by atoms with Gasteiger partial charge in [0, 0.05) is 49.4 Å². The quantitative estimate of drug-likeness (QED) is 0.788. The Kier molecular flexibility index (Phi) is 6.62. The number of urea groups is 1. The van der Waals surface area contributed by atoms with Gasteiger partial charge in [0.1, 0.15) is 0 Å². The molecule has 2 saturated heterocycles. The first kappa shape index (κ1) is 20.4. The number of rotatable bonds is 4. The first-order valence-electron chi connectivity index (χ1n) is 9.46. The van der Waals surface area contributed by atoms with Gasteiger partial charge in [-0.25, -0.2) is 13.2 Å². The monoisotopic (exact) mass is 414 g/mol. The number of amides is 2. The highest BCUT2D eigenvalue weighted by Crippen LogP contribution is 2.28. The lowest BCUT2D eigenvalue weighted by Gasteiger charge is -2.35. The van der Waals surface area contributed by atoms with E-state index < -0.39 is 10.0 Å². The van der Waals surface area contributed by atoms with Crippen LogP contribution < -0.4 is 11.1 Å². The number of carbonyl (C=O) groups is 1. The van der Waals surface area contributed by atoms with Gasteiger partial charge in [-0.2, -0.15) is 4.31 Å². The number of nitrogens with one attached hydrogen (secondary N) is 1. The minimum atomic E-state index is -3.72. The van der Waals surface area contributed by atoms with Crippen LogP contribution in [0.3, 0.4) is 0 Å². The second kappa shape index (κ2) is 8.77. The number of carbonyl (C=O) groups excluding carboxylic acids is 1. The van der Waals surface area contributed by atoms with E-state index in [1.165, 1.54) is 4.31 Å². The third kappa shape index (κ3) is 4.56. The molecule has 2 amide bonds. The van der Waals surface area contributed by atoms with Crippen molar-refractivity contribution in [1.29, 1.82) is 0 Å². The molecule has 1 aromatic rings. The molecule has 150 valence electrons. The van der Waals surface area contributed by atoms with Crippen LogP contribution in [-0.4, -0.2) is 55.9 Å². The Morgan fingerprint density at radius 3 is 2.63 bits per heavy atom. The summed E-state index contributed by atoms with van der Waals surface area (Å²) in [6.45, 7) is 2.27. The van der Waals surface area contributed by atoms with E-state index in [9.17, 15) is 13.2 Å². The molecular weight excluding hydrogens is 388 g/mol. The average Bonchev–Trinajstić information content (AvgIpc) is 2.68. The van der Waals surface area contributed by atoms with Crippen molar-refractivity contribution in [2.75, 3.05) is 26.2 Å². The molecule has 0 saturated carbocycles. The van der Waals surface area contributed by atoms with Crippen LogP contribution in [0, 0.1) is 0 Å². The van der Waals surface area contributed by atoms with Gasteiger partial charge in [-0.3, -0.25) is 0 Å². The van der Waals surface area contributed by atoms with Crippen molar-refractivity contribution in [2.24, 2.45) is 5.73 Å². The van der Waals surface area contributed by atoms with E-state index in [1.54, 1.807) is 18.2 Å². The summed E-state index contributed by atoms with van der Waals surface area (Å²) in [5, 5.41) is 3.36. The van der Waals surface area contributed by atoms with Crippen LogP contribution in [0.25, 0.3) is 0 Å². The molecule has 0 spiro atoms. The number of piperidine rings is 2. The van der Waals surface area contributed by atoms with Crippen LogP contribution in [0.1, 0.15) is 37.7 Å². The molecule has 0 bridgehead atoms. The molecule has 0 unspecified atom stereocenters. The first-order valence-corrected chi connectivity index (χ1v) is 11.3. The van der Waals surface area contributed by atoms with Crippen molar-refractivity contribution < 1.29 is 13.2 Å². The molecule has 1 atom stereocenters. The van der Waals surface area contributed by atoms with Gasteiger partial charge in [0.15, 0.2) is 0 Å². The lowest BCUT2D eigenvalue weighted by Crippen LogP contribution is -2.53. The van der Waals surface area contributed by atoms with Gasteiger partial charge in [-0.15, -0.1) is 0 Å². The van der Waals surface area contributed by atoms with E-state index in [0.717, 1.165) is 38.8 Å². The molecule has 3 rings (SSSR count). The number of benzene rings is 1. The molecule has 7 nitrogen and oxygen atoms in total. The fourth-order valence-corrected chi connectivity index (χ4v) is 5.85. The van der Waals surface area contributed by atoms with Crippen LogP contribution in [0.5, 0.6) is 0 Å². The van der Waals surface area contributed by atoms with Gasteiger partial charge in [0.25, 0.3) is 0 Å². The normalized spacial score (nSPS) is 21.9. The number of hydrogen-bond donors (Lipinski definition) is 2. The number of sulfonamides is 1. The highest BCUT2D eigenvalue weighted by atomic mass is 35.5. The van der Waals surface area contributed by atoms with Crippen LogP contribution in [0.4, 0.5) is 4.79 Å². The maximum atomic E-state index is 13.1. The Morgan fingerprint density at radius 1 is 1.19 bits per heavy atom. The van der Waals surface area contributed by atoms with Crippen LogP contribution in [0.15, 0.2) is 23.1 Å². The van der Waals surface area contributed by atoms with Gasteiger partial charge in [-0.1, -0.05) is 17.7 Å². The zero-order valence-corrected chi connectivity index (χ0v) is 16.9. The number of hydrogen-bond acceptors (Lipinski definition) is 4. The van der Waals surface area contributed by atoms with E-state index in [1.807, 2.05) is 4.90 Å². The Hall–Kier alpha value is -1.35. The second-order valence-electron chi connectivity index (χ2n) is 7.12. The molecule has 3 N–H and O–H groups in total. The zero-order valence-electron chi connectivity index (χ0n) is 15.4. The first-order chi connectivity index (χ1) is 12.9. The highest BCUT2D eigenvalue weighted by molar-refractivity contribution is 7.89.